The predicted octanol–water partition coefficient (Wildman–Crippen LogP) is 5.06. The van der Waals surface area contributed by atoms with Crippen LogP contribution >= 0.6 is 11.3 Å². The third-order valence-corrected chi connectivity index (χ3v) is 6.39. The fourth-order valence-electron chi connectivity index (χ4n) is 3.88. The quantitative estimate of drug-likeness (QED) is 0.621. The summed E-state index contributed by atoms with van der Waals surface area (Å²) in [5, 5.41) is 5.48. The lowest BCUT2D eigenvalue weighted by Crippen LogP contribution is -2.41. The highest BCUT2D eigenvalue weighted by Crippen LogP contribution is 2.29. The number of halogens is 1. The van der Waals surface area contributed by atoms with Crippen molar-refractivity contribution in [3.05, 3.63) is 70.4 Å². The van der Waals surface area contributed by atoms with Crippen LogP contribution in [-0.4, -0.2) is 34.8 Å². The van der Waals surface area contributed by atoms with Crippen LogP contribution in [0.25, 0.3) is 11.3 Å². The van der Waals surface area contributed by atoms with Gasteiger partial charge in [0.2, 0.25) is 5.91 Å². The van der Waals surface area contributed by atoms with E-state index in [0.717, 1.165) is 16.8 Å². The largest absolute Gasteiger partial charge is 0.339 e. The van der Waals surface area contributed by atoms with Gasteiger partial charge in [-0.2, -0.15) is 0 Å². The van der Waals surface area contributed by atoms with Gasteiger partial charge in [0.15, 0.2) is 5.13 Å². The van der Waals surface area contributed by atoms with Crippen molar-refractivity contribution < 1.29 is 14.0 Å². The van der Waals surface area contributed by atoms with E-state index in [1.54, 1.807) is 4.90 Å². The summed E-state index contributed by atoms with van der Waals surface area (Å²) in [5.74, 6) is -0.715. The van der Waals surface area contributed by atoms with Gasteiger partial charge in [-0.05, 0) is 56.5 Å². The molecule has 1 saturated heterocycles. The van der Waals surface area contributed by atoms with E-state index in [4.69, 9.17) is 0 Å². The summed E-state index contributed by atoms with van der Waals surface area (Å²) in [6.45, 7) is 5.11. The molecular weight excluding hydrogens is 413 g/mol. The average Bonchev–Trinajstić information content (AvgIpc) is 3.22. The molecule has 0 unspecified atom stereocenters. The Hall–Kier alpha value is -3.06. The molecule has 1 fully saturated rings. The highest BCUT2D eigenvalue weighted by Gasteiger charge is 2.28. The van der Waals surface area contributed by atoms with Crippen LogP contribution in [0.4, 0.5) is 9.52 Å². The number of carbonyl (C=O) groups is 2. The fourth-order valence-corrected chi connectivity index (χ4v) is 4.60. The molecule has 1 aliphatic heterocycles. The minimum atomic E-state index is -0.366. The Kier molecular flexibility index (Phi) is 6.13. The summed E-state index contributed by atoms with van der Waals surface area (Å²) < 4.78 is 13.1. The highest BCUT2D eigenvalue weighted by molar-refractivity contribution is 7.14. The molecule has 1 N–H and O–H groups in total. The van der Waals surface area contributed by atoms with Crippen molar-refractivity contribution in [3.63, 3.8) is 0 Å². The molecule has 160 valence electrons. The number of amides is 2. The summed E-state index contributed by atoms with van der Waals surface area (Å²) in [6.07, 6.45) is 1.18. The van der Waals surface area contributed by atoms with Crippen molar-refractivity contribution >= 4 is 28.3 Å². The molecule has 7 heteroatoms. The molecule has 2 heterocycles. The van der Waals surface area contributed by atoms with Crippen LogP contribution < -0.4 is 5.32 Å². The maximum Gasteiger partial charge on any atom is 0.253 e. The van der Waals surface area contributed by atoms with E-state index < -0.39 is 0 Å². The van der Waals surface area contributed by atoms with Gasteiger partial charge in [0.05, 0.1) is 5.69 Å². The number of hydrogen-bond donors (Lipinski definition) is 1. The molecule has 0 spiro atoms. The van der Waals surface area contributed by atoms with E-state index in [1.807, 2.05) is 5.38 Å². The van der Waals surface area contributed by atoms with Crippen LogP contribution in [0.15, 0.2) is 47.8 Å². The number of anilines is 1. The van der Waals surface area contributed by atoms with Crippen LogP contribution in [0.1, 0.15) is 34.3 Å². The smallest absolute Gasteiger partial charge is 0.253 e. The predicted molar refractivity (Wildman–Crippen MR) is 121 cm³/mol. The number of aryl methyl sites for hydroxylation is 2. The molecule has 0 atom stereocenters. The maximum absolute atomic E-state index is 13.1. The molecule has 4 rings (SSSR count). The second kappa shape index (κ2) is 8.98. The van der Waals surface area contributed by atoms with Gasteiger partial charge in [0, 0.05) is 35.5 Å². The van der Waals surface area contributed by atoms with E-state index in [-0.39, 0.29) is 23.5 Å². The average molecular weight is 438 g/mol. The molecule has 2 aromatic carbocycles. The van der Waals surface area contributed by atoms with Crippen LogP contribution in [0, 0.1) is 25.6 Å². The van der Waals surface area contributed by atoms with Gasteiger partial charge in [-0.3, -0.25) is 9.59 Å². The zero-order chi connectivity index (χ0) is 22.0. The topological polar surface area (TPSA) is 62.3 Å². The number of rotatable bonds is 4. The first-order chi connectivity index (χ1) is 14.9. The highest BCUT2D eigenvalue weighted by atomic mass is 32.1. The molecule has 1 aliphatic rings. The Morgan fingerprint density at radius 1 is 1.10 bits per heavy atom. The summed E-state index contributed by atoms with van der Waals surface area (Å²) in [7, 11) is 0. The second-order valence-electron chi connectivity index (χ2n) is 7.92. The Balaban J connectivity index is 1.34. The van der Waals surface area contributed by atoms with Gasteiger partial charge >= 0.3 is 0 Å². The van der Waals surface area contributed by atoms with E-state index >= 15 is 0 Å². The van der Waals surface area contributed by atoms with Crippen molar-refractivity contribution in [1.82, 2.24) is 9.88 Å². The summed E-state index contributed by atoms with van der Waals surface area (Å²) in [6, 6.07) is 11.8. The molecular formula is C24H24FN3O2S. The standard InChI is InChI=1S/C24H24FN3O2S/c1-15-3-8-20(16(2)13-15)21-14-31-24(26-21)27-22(29)17-9-11-28(12-10-17)23(30)18-4-6-19(25)7-5-18/h3-8,13-14,17H,9-12H2,1-2H3,(H,26,27,29). The number of nitrogens with zero attached hydrogens (tertiary/aromatic N) is 2. The maximum atomic E-state index is 13.1. The van der Waals surface area contributed by atoms with E-state index in [9.17, 15) is 14.0 Å². The zero-order valence-electron chi connectivity index (χ0n) is 17.5. The molecule has 2 amide bonds. The lowest BCUT2D eigenvalue weighted by atomic mass is 9.95. The SMILES string of the molecule is Cc1ccc(-c2csc(NC(=O)C3CCN(C(=O)c4ccc(F)cc4)CC3)n2)c(C)c1. The van der Waals surface area contributed by atoms with Gasteiger partial charge in [-0.15, -0.1) is 11.3 Å². The molecule has 0 radical (unpaired) electrons. The molecule has 0 saturated carbocycles. The zero-order valence-corrected chi connectivity index (χ0v) is 18.3. The minimum Gasteiger partial charge on any atom is -0.339 e. The van der Waals surface area contributed by atoms with E-state index in [2.05, 4.69) is 42.3 Å². The summed E-state index contributed by atoms with van der Waals surface area (Å²) in [5.41, 5.74) is 4.74. The number of aromatic nitrogens is 1. The monoisotopic (exact) mass is 437 g/mol. The molecule has 31 heavy (non-hydrogen) atoms. The van der Waals surface area contributed by atoms with Gasteiger partial charge in [-0.1, -0.05) is 23.8 Å². The Morgan fingerprint density at radius 3 is 2.48 bits per heavy atom. The number of nitrogens with one attached hydrogen (secondary N) is 1. The lowest BCUT2D eigenvalue weighted by Gasteiger charge is -2.31. The number of carbonyl (C=O) groups excluding carboxylic acids is 2. The van der Waals surface area contributed by atoms with Crippen molar-refractivity contribution in [3.8, 4) is 11.3 Å². The van der Waals surface area contributed by atoms with Crippen molar-refractivity contribution in [2.75, 3.05) is 18.4 Å². The van der Waals surface area contributed by atoms with Gasteiger partial charge < -0.3 is 10.2 Å². The van der Waals surface area contributed by atoms with Crippen molar-refractivity contribution in [1.29, 1.82) is 0 Å². The van der Waals surface area contributed by atoms with Crippen molar-refractivity contribution in [2.45, 2.75) is 26.7 Å². The number of piperidine rings is 1. The third-order valence-electron chi connectivity index (χ3n) is 5.64. The second-order valence-corrected chi connectivity index (χ2v) is 8.78. The summed E-state index contributed by atoms with van der Waals surface area (Å²) in [4.78, 5) is 31.6. The Labute approximate surface area is 184 Å². The van der Waals surface area contributed by atoms with Crippen LogP contribution in [0.5, 0.6) is 0 Å². The molecule has 0 aliphatic carbocycles. The Morgan fingerprint density at radius 2 is 1.81 bits per heavy atom. The third kappa shape index (κ3) is 4.82. The van der Waals surface area contributed by atoms with E-state index in [0.29, 0.717) is 36.6 Å². The van der Waals surface area contributed by atoms with Crippen LogP contribution in [0.2, 0.25) is 0 Å². The number of thiazole rings is 1. The number of likely N-dealkylation sites (tertiary alicyclic amines) is 1. The van der Waals surface area contributed by atoms with Crippen LogP contribution in [-0.2, 0) is 4.79 Å². The first-order valence-corrected chi connectivity index (χ1v) is 11.2. The normalized spacial score (nSPS) is 14.5. The minimum absolute atomic E-state index is 0.0598. The molecule has 1 aromatic heterocycles. The lowest BCUT2D eigenvalue weighted by molar-refractivity contribution is -0.121. The Bertz CT molecular complexity index is 1100. The number of benzene rings is 2. The van der Waals surface area contributed by atoms with Crippen LogP contribution in [0.3, 0.4) is 0 Å². The van der Waals surface area contributed by atoms with Crippen molar-refractivity contribution in [2.24, 2.45) is 5.92 Å². The van der Waals surface area contributed by atoms with E-state index in [1.165, 1.54) is 41.2 Å². The molecule has 0 bridgehead atoms. The van der Waals surface area contributed by atoms with Gasteiger partial charge in [-0.25, -0.2) is 9.37 Å². The fraction of sp³-hybridized carbons (Fsp3) is 0.292. The number of hydrogen-bond acceptors (Lipinski definition) is 4. The first-order valence-electron chi connectivity index (χ1n) is 10.3. The van der Waals surface area contributed by atoms with Gasteiger partial charge in [0.25, 0.3) is 5.91 Å². The summed E-state index contributed by atoms with van der Waals surface area (Å²) >= 11 is 1.42. The first kappa shape index (κ1) is 21.2. The molecule has 5 nitrogen and oxygen atoms in total. The van der Waals surface area contributed by atoms with Gasteiger partial charge in [0.1, 0.15) is 5.82 Å². The molecule has 3 aromatic rings.